The number of ether oxygens (including phenoxy) is 1. The molecule has 1 aliphatic heterocycles. The third kappa shape index (κ3) is 3.51. The van der Waals surface area contributed by atoms with Crippen molar-refractivity contribution in [3.8, 4) is 17.1 Å². The molecule has 3 heterocycles. The standard InChI is InChI=1S/C22H22N4O3/c1-15-20(16-9-10-19(29-2)23-13-16)24-14-25(15)11-5-6-12-26-21(27)17-7-3-4-8-18(17)22(26)28/h3-4,7-10,13-14H,5-6,11-12H2,1-2H3. The molecule has 0 spiro atoms. The number of carbonyl (C=O) groups is 2. The number of amides is 2. The Hall–Kier alpha value is -3.48. The summed E-state index contributed by atoms with van der Waals surface area (Å²) in [4.78, 5) is 34.9. The van der Waals surface area contributed by atoms with Crippen molar-refractivity contribution in [3.05, 3.63) is 65.7 Å². The van der Waals surface area contributed by atoms with E-state index in [9.17, 15) is 9.59 Å². The van der Waals surface area contributed by atoms with Gasteiger partial charge in [0.2, 0.25) is 5.88 Å². The summed E-state index contributed by atoms with van der Waals surface area (Å²) < 4.78 is 7.18. The van der Waals surface area contributed by atoms with Gasteiger partial charge in [0.1, 0.15) is 0 Å². The first kappa shape index (κ1) is 18.9. The van der Waals surface area contributed by atoms with Crippen LogP contribution in [0.3, 0.4) is 0 Å². The van der Waals surface area contributed by atoms with Crippen LogP contribution in [0.2, 0.25) is 0 Å². The van der Waals surface area contributed by atoms with E-state index in [2.05, 4.69) is 14.5 Å². The normalized spacial score (nSPS) is 13.1. The van der Waals surface area contributed by atoms with Crippen molar-refractivity contribution in [2.24, 2.45) is 0 Å². The molecule has 1 aliphatic rings. The maximum absolute atomic E-state index is 12.4. The number of imide groups is 1. The van der Waals surface area contributed by atoms with E-state index in [1.54, 1.807) is 37.6 Å². The van der Waals surface area contributed by atoms with Gasteiger partial charge in [0.15, 0.2) is 0 Å². The fourth-order valence-corrected chi connectivity index (χ4v) is 3.59. The SMILES string of the molecule is COc1ccc(-c2ncn(CCCCN3C(=O)c4ccccc4C3=O)c2C)cn1. The molecule has 0 N–H and O–H groups in total. The van der Waals surface area contributed by atoms with Crippen LogP contribution in [0, 0.1) is 6.92 Å². The predicted molar refractivity (Wildman–Crippen MR) is 108 cm³/mol. The molecule has 29 heavy (non-hydrogen) atoms. The lowest BCUT2D eigenvalue weighted by atomic mass is 10.1. The van der Waals surface area contributed by atoms with E-state index in [1.807, 2.05) is 25.4 Å². The molecule has 148 valence electrons. The number of benzene rings is 1. The summed E-state index contributed by atoms with van der Waals surface area (Å²) >= 11 is 0. The molecule has 7 nitrogen and oxygen atoms in total. The van der Waals surface area contributed by atoms with Gasteiger partial charge in [0.05, 0.1) is 30.3 Å². The Kier molecular flexibility index (Phi) is 5.12. The number of hydrogen-bond acceptors (Lipinski definition) is 5. The van der Waals surface area contributed by atoms with Crippen LogP contribution in [0.5, 0.6) is 5.88 Å². The molecule has 0 bridgehead atoms. The van der Waals surface area contributed by atoms with Gasteiger partial charge in [0.25, 0.3) is 11.8 Å². The van der Waals surface area contributed by atoms with Crippen LogP contribution in [0.1, 0.15) is 39.3 Å². The van der Waals surface area contributed by atoms with Crippen LogP contribution in [0.25, 0.3) is 11.3 Å². The topological polar surface area (TPSA) is 77.3 Å². The highest BCUT2D eigenvalue weighted by Gasteiger charge is 2.34. The van der Waals surface area contributed by atoms with Crippen molar-refractivity contribution in [2.45, 2.75) is 26.3 Å². The molecule has 0 aliphatic carbocycles. The van der Waals surface area contributed by atoms with Gasteiger partial charge < -0.3 is 9.30 Å². The summed E-state index contributed by atoms with van der Waals surface area (Å²) in [6.45, 7) is 3.22. The number of carbonyl (C=O) groups excluding carboxylic acids is 2. The Morgan fingerprint density at radius 1 is 0.931 bits per heavy atom. The van der Waals surface area contributed by atoms with Crippen molar-refractivity contribution in [2.75, 3.05) is 13.7 Å². The molecule has 1 aromatic carbocycles. The number of fused-ring (bicyclic) bond motifs is 1. The van der Waals surface area contributed by atoms with Gasteiger partial charge in [-0.15, -0.1) is 0 Å². The average Bonchev–Trinajstić information content (AvgIpc) is 3.24. The van der Waals surface area contributed by atoms with Crippen molar-refractivity contribution >= 4 is 11.8 Å². The molecular weight excluding hydrogens is 368 g/mol. The second kappa shape index (κ2) is 7.87. The largest absolute Gasteiger partial charge is 0.481 e. The van der Waals surface area contributed by atoms with Gasteiger partial charge >= 0.3 is 0 Å². The summed E-state index contributed by atoms with van der Waals surface area (Å²) in [5, 5.41) is 0. The van der Waals surface area contributed by atoms with E-state index in [1.165, 1.54) is 4.90 Å². The third-order valence-electron chi connectivity index (χ3n) is 5.23. The number of hydrogen-bond donors (Lipinski definition) is 0. The van der Waals surface area contributed by atoms with E-state index in [4.69, 9.17) is 4.74 Å². The first-order valence-electron chi connectivity index (χ1n) is 9.57. The second-order valence-electron chi connectivity index (χ2n) is 6.98. The zero-order valence-electron chi connectivity index (χ0n) is 16.5. The number of aromatic nitrogens is 3. The highest BCUT2D eigenvalue weighted by molar-refractivity contribution is 6.21. The Bertz CT molecular complexity index is 1020. The van der Waals surface area contributed by atoms with Gasteiger partial charge in [-0.05, 0) is 38.0 Å². The highest BCUT2D eigenvalue weighted by atomic mass is 16.5. The molecule has 0 radical (unpaired) electrons. The number of rotatable bonds is 7. The van der Waals surface area contributed by atoms with E-state index >= 15 is 0 Å². The van der Waals surface area contributed by atoms with Crippen LogP contribution >= 0.6 is 0 Å². The van der Waals surface area contributed by atoms with Crippen molar-refractivity contribution < 1.29 is 14.3 Å². The van der Waals surface area contributed by atoms with E-state index in [0.717, 1.165) is 36.3 Å². The molecule has 4 rings (SSSR count). The lowest BCUT2D eigenvalue weighted by molar-refractivity contribution is 0.0651. The zero-order chi connectivity index (χ0) is 20.4. The van der Waals surface area contributed by atoms with E-state index < -0.39 is 0 Å². The Balaban J connectivity index is 1.34. The molecule has 0 saturated carbocycles. The highest BCUT2D eigenvalue weighted by Crippen LogP contribution is 2.24. The number of unbranched alkanes of at least 4 members (excludes halogenated alkanes) is 1. The quantitative estimate of drug-likeness (QED) is 0.457. The average molecular weight is 390 g/mol. The first-order valence-corrected chi connectivity index (χ1v) is 9.57. The minimum absolute atomic E-state index is 0.196. The van der Waals surface area contributed by atoms with Gasteiger partial charge in [-0.1, -0.05) is 12.1 Å². The van der Waals surface area contributed by atoms with E-state index in [-0.39, 0.29) is 11.8 Å². The predicted octanol–water partition coefficient (Wildman–Crippen LogP) is 3.34. The van der Waals surface area contributed by atoms with Crippen LogP contribution in [0.15, 0.2) is 48.9 Å². The monoisotopic (exact) mass is 390 g/mol. The molecule has 0 fully saturated rings. The Morgan fingerprint density at radius 3 is 2.24 bits per heavy atom. The van der Waals surface area contributed by atoms with Crippen LogP contribution in [-0.2, 0) is 6.54 Å². The summed E-state index contributed by atoms with van der Waals surface area (Å²) in [6, 6.07) is 10.7. The molecule has 0 unspecified atom stereocenters. The van der Waals surface area contributed by atoms with E-state index in [0.29, 0.717) is 23.6 Å². The molecular formula is C22H22N4O3. The van der Waals surface area contributed by atoms with Crippen LogP contribution < -0.4 is 4.74 Å². The van der Waals surface area contributed by atoms with Crippen LogP contribution in [0.4, 0.5) is 0 Å². The number of pyridine rings is 1. The number of nitrogens with zero attached hydrogens (tertiary/aromatic N) is 4. The van der Waals surface area contributed by atoms with Gasteiger partial charge in [-0.25, -0.2) is 9.97 Å². The lowest BCUT2D eigenvalue weighted by Gasteiger charge is -2.14. The minimum atomic E-state index is -0.196. The summed E-state index contributed by atoms with van der Waals surface area (Å²) in [6.07, 6.45) is 5.14. The molecule has 2 aromatic heterocycles. The number of imidazole rings is 1. The number of methoxy groups -OCH3 is 1. The van der Waals surface area contributed by atoms with Gasteiger partial charge in [-0.2, -0.15) is 0 Å². The fourth-order valence-electron chi connectivity index (χ4n) is 3.59. The lowest BCUT2D eigenvalue weighted by Crippen LogP contribution is -2.30. The van der Waals surface area contributed by atoms with Crippen molar-refractivity contribution in [1.29, 1.82) is 0 Å². The van der Waals surface area contributed by atoms with Crippen molar-refractivity contribution in [3.63, 3.8) is 0 Å². The summed E-state index contributed by atoms with van der Waals surface area (Å²) in [7, 11) is 1.59. The van der Waals surface area contributed by atoms with Gasteiger partial charge in [-0.3, -0.25) is 14.5 Å². The molecule has 3 aromatic rings. The molecule has 0 atom stereocenters. The fraction of sp³-hybridized carbons (Fsp3) is 0.273. The molecule has 2 amide bonds. The smallest absolute Gasteiger partial charge is 0.261 e. The number of aryl methyl sites for hydroxylation is 1. The minimum Gasteiger partial charge on any atom is -0.481 e. The molecule has 0 saturated heterocycles. The Labute approximate surface area is 169 Å². The first-order chi connectivity index (χ1) is 14.1. The van der Waals surface area contributed by atoms with Gasteiger partial charge in [0, 0.05) is 36.6 Å². The summed E-state index contributed by atoms with van der Waals surface area (Å²) in [5.41, 5.74) is 3.88. The molecule has 7 heteroatoms. The summed E-state index contributed by atoms with van der Waals surface area (Å²) in [5.74, 6) is 0.177. The maximum Gasteiger partial charge on any atom is 0.261 e. The third-order valence-corrected chi connectivity index (χ3v) is 5.23. The van der Waals surface area contributed by atoms with Crippen LogP contribution in [-0.4, -0.2) is 44.9 Å². The maximum atomic E-state index is 12.4. The Morgan fingerprint density at radius 2 is 1.62 bits per heavy atom. The second-order valence-corrected chi connectivity index (χ2v) is 6.98. The zero-order valence-corrected chi connectivity index (χ0v) is 16.5. The van der Waals surface area contributed by atoms with Crippen molar-refractivity contribution in [1.82, 2.24) is 19.4 Å².